The number of amides is 1. The Hall–Kier alpha value is -2.04. The van der Waals surface area contributed by atoms with Gasteiger partial charge < -0.3 is 5.73 Å². The summed E-state index contributed by atoms with van der Waals surface area (Å²) in [5.41, 5.74) is 6.21. The van der Waals surface area contributed by atoms with E-state index in [0.717, 1.165) is 11.7 Å². The predicted octanol–water partition coefficient (Wildman–Crippen LogP) is 2.35. The summed E-state index contributed by atoms with van der Waals surface area (Å²) in [4.78, 5) is 11.5. The lowest BCUT2D eigenvalue weighted by atomic mass is 10.2. The molecule has 10 heteroatoms. The number of aromatic nitrogens is 2. The molecule has 0 atom stereocenters. The number of hydrogen-bond acceptors (Lipinski definition) is 6. The number of carbonyl (C=O) groups is 1. The van der Waals surface area contributed by atoms with Crippen LogP contribution in [0, 0.1) is 0 Å². The van der Waals surface area contributed by atoms with E-state index < -0.39 is 15.9 Å². The largest absolute Gasteiger partial charge is 0.366 e. The van der Waals surface area contributed by atoms with Crippen molar-refractivity contribution < 1.29 is 13.2 Å². The summed E-state index contributed by atoms with van der Waals surface area (Å²) in [6.07, 6.45) is 0. The fraction of sp³-hybridized carbons (Fsp3) is 0. The first-order valence-corrected chi connectivity index (χ1v) is 9.22. The standard InChI is InChI=1S/C13H9BrN4O3S2/c14-7-4-5-8(13(15)19)10(6-7)18-23(20,21)11-3-1-2-9-12(11)17-22-16-9/h1-6,18H,(H2,15,19). The minimum Gasteiger partial charge on any atom is -0.366 e. The molecular weight excluding hydrogens is 404 g/mol. The van der Waals surface area contributed by atoms with Crippen LogP contribution < -0.4 is 10.5 Å². The number of fused-ring (bicyclic) bond motifs is 1. The van der Waals surface area contributed by atoms with Gasteiger partial charge in [0.1, 0.15) is 15.9 Å². The van der Waals surface area contributed by atoms with Crippen molar-refractivity contribution in [2.24, 2.45) is 5.73 Å². The number of halogens is 1. The molecule has 0 bridgehead atoms. The van der Waals surface area contributed by atoms with Gasteiger partial charge in [-0.15, -0.1) is 0 Å². The highest BCUT2D eigenvalue weighted by Crippen LogP contribution is 2.27. The van der Waals surface area contributed by atoms with E-state index in [-0.39, 0.29) is 21.7 Å². The molecule has 0 aliphatic rings. The summed E-state index contributed by atoms with van der Waals surface area (Å²) in [5, 5.41) is 0. The molecule has 3 rings (SSSR count). The summed E-state index contributed by atoms with van der Waals surface area (Å²) < 4.78 is 36.3. The summed E-state index contributed by atoms with van der Waals surface area (Å²) in [5.74, 6) is -0.733. The Morgan fingerprint density at radius 3 is 2.74 bits per heavy atom. The lowest BCUT2D eigenvalue weighted by Crippen LogP contribution is -2.19. The first kappa shape index (κ1) is 15.8. The molecule has 1 heterocycles. The zero-order valence-electron chi connectivity index (χ0n) is 11.4. The van der Waals surface area contributed by atoms with Gasteiger partial charge in [-0.2, -0.15) is 8.75 Å². The molecule has 7 nitrogen and oxygen atoms in total. The number of sulfonamides is 1. The number of nitrogens with two attached hydrogens (primary N) is 1. The number of carbonyl (C=O) groups excluding carboxylic acids is 1. The van der Waals surface area contributed by atoms with Crippen molar-refractivity contribution >= 4 is 60.3 Å². The first-order chi connectivity index (χ1) is 10.9. The summed E-state index contributed by atoms with van der Waals surface area (Å²) in [6.45, 7) is 0. The van der Waals surface area contributed by atoms with E-state index in [4.69, 9.17) is 5.73 Å². The van der Waals surface area contributed by atoms with Crippen LogP contribution in [-0.4, -0.2) is 23.1 Å². The second-order valence-electron chi connectivity index (χ2n) is 4.55. The van der Waals surface area contributed by atoms with Crippen LogP contribution in [-0.2, 0) is 10.0 Å². The summed E-state index contributed by atoms with van der Waals surface area (Å²) in [7, 11) is -3.96. The third kappa shape index (κ3) is 3.05. The number of primary amides is 1. The predicted molar refractivity (Wildman–Crippen MR) is 90.9 cm³/mol. The van der Waals surface area contributed by atoms with Crippen LogP contribution in [0.25, 0.3) is 11.0 Å². The molecule has 2 aromatic carbocycles. The summed E-state index contributed by atoms with van der Waals surface area (Å²) in [6, 6.07) is 9.18. The van der Waals surface area contributed by atoms with E-state index in [1.165, 1.54) is 18.2 Å². The molecule has 0 saturated heterocycles. The Kier molecular flexibility index (Phi) is 4.04. The van der Waals surface area contributed by atoms with Crippen molar-refractivity contribution in [2.45, 2.75) is 4.90 Å². The number of nitrogens with zero attached hydrogens (tertiary/aromatic N) is 2. The molecule has 0 aliphatic carbocycles. The Labute approximate surface area is 144 Å². The van der Waals surface area contributed by atoms with Crippen LogP contribution in [0.1, 0.15) is 10.4 Å². The maximum atomic E-state index is 12.7. The first-order valence-electron chi connectivity index (χ1n) is 6.22. The van der Waals surface area contributed by atoms with Crippen LogP contribution >= 0.6 is 27.7 Å². The van der Waals surface area contributed by atoms with Gasteiger partial charge >= 0.3 is 0 Å². The Morgan fingerprint density at radius 2 is 2.00 bits per heavy atom. The molecule has 118 valence electrons. The smallest absolute Gasteiger partial charge is 0.264 e. The summed E-state index contributed by atoms with van der Waals surface area (Å²) >= 11 is 4.16. The third-order valence-corrected chi connectivity index (χ3v) is 5.46. The molecule has 1 aromatic heterocycles. The van der Waals surface area contributed by atoms with Crippen LogP contribution in [0.5, 0.6) is 0 Å². The molecule has 0 spiro atoms. The SMILES string of the molecule is NC(=O)c1ccc(Br)cc1NS(=O)(=O)c1cccc2nsnc12. The number of benzene rings is 2. The lowest BCUT2D eigenvalue weighted by molar-refractivity contribution is 0.100. The minimum absolute atomic E-state index is 0.0147. The molecule has 0 unspecified atom stereocenters. The van der Waals surface area contributed by atoms with Gasteiger partial charge in [0, 0.05) is 4.47 Å². The van der Waals surface area contributed by atoms with Crippen LogP contribution in [0.4, 0.5) is 5.69 Å². The van der Waals surface area contributed by atoms with Gasteiger partial charge in [0.25, 0.3) is 15.9 Å². The Morgan fingerprint density at radius 1 is 1.22 bits per heavy atom. The maximum absolute atomic E-state index is 12.7. The van der Waals surface area contributed by atoms with Gasteiger partial charge in [-0.05, 0) is 30.3 Å². The van der Waals surface area contributed by atoms with Crippen molar-refractivity contribution in [3.05, 3.63) is 46.4 Å². The highest BCUT2D eigenvalue weighted by Gasteiger charge is 2.22. The van der Waals surface area contributed by atoms with E-state index in [2.05, 4.69) is 29.4 Å². The lowest BCUT2D eigenvalue weighted by Gasteiger charge is -2.11. The zero-order valence-corrected chi connectivity index (χ0v) is 14.6. The monoisotopic (exact) mass is 412 g/mol. The average Bonchev–Trinajstić information content (AvgIpc) is 2.94. The zero-order chi connectivity index (χ0) is 16.6. The van der Waals surface area contributed by atoms with Gasteiger partial charge in [-0.3, -0.25) is 9.52 Å². The Bertz CT molecular complexity index is 1020. The second kappa shape index (κ2) is 5.87. The van der Waals surface area contributed by atoms with Crippen LogP contribution in [0.15, 0.2) is 45.8 Å². The molecule has 3 N–H and O–H groups in total. The molecular formula is C13H9BrN4O3S2. The minimum atomic E-state index is -3.96. The molecule has 3 aromatic rings. The highest BCUT2D eigenvalue weighted by atomic mass is 79.9. The molecule has 0 aliphatic heterocycles. The van der Waals surface area contributed by atoms with Crippen molar-refractivity contribution in [1.29, 1.82) is 0 Å². The fourth-order valence-electron chi connectivity index (χ4n) is 2.01. The Balaban J connectivity index is 2.11. The third-order valence-electron chi connectivity index (χ3n) is 3.03. The number of nitrogens with one attached hydrogen (secondary N) is 1. The van der Waals surface area contributed by atoms with Crippen molar-refractivity contribution in [3.8, 4) is 0 Å². The number of hydrogen-bond donors (Lipinski definition) is 2. The van der Waals surface area contributed by atoms with E-state index in [9.17, 15) is 13.2 Å². The average molecular weight is 413 g/mol. The quantitative estimate of drug-likeness (QED) is 0.682. The molecule has 1 amide bonds. The maximum Gasteiger partial charge on any atom is 0.264 e. The highest BCUT2D eigenvalue weighted by molar-refractivity contribution is 9.10. The second-order valence-corrected chi connectivity index (χ2v) is 7.64. The van der Waals surface area contributed by atoms with Gasteiger partial charge in [-0.25, -0.2) is 8.42 Å². The normalized spacial score (nSPS) is 11.5. The van der Waals surface area contributed by atoms with Crippen molar-refractivity contribution in [3.63, 3.8) is 0 Å². The van der Waals surface area contributed by atoms with E-state index >= 15 is 0 Å². The fourth-order valence-corrected chi connectivity index (χ4v) is 4.21. The molecule has 0 fully saturated rings. The van der Waals surface area contributed by atoms with Crippen molar-refractivity contribution in [2.75, 3.05) is 4.72 Å². The van der Waals surface area contributed by atoms with Crippen LogP contribution in [0.3, 0.4) is 0 Å². The number of anilines is 1. The molecule has 0 saturated carbocycles. The van der Waals surface area contributed by atoms with Gasteiger partial charge in [0.2, 0.25) is 0 Å². The molecule has 23 heavy (non-hydrogen) atoms. The van der Waals surface area contributed by atoms with Gasteiger partial charge in [0.15, 0.2) is 0 Å². The topological polar surface area (TPSA) is 115 Å². The van der Waals surface area contributed by atoms with E-state index in [1.807, 2.05) is 0 Å². The van der Waals surface area contributed by atoms with E-state index in [1.54, 1.807) is 18.2 Å². The van der Waals surface area contributed by atoms with Crippen LogP contribution in [0.2, 0.25) is 0 Å². The number of rotatable bonds is 4. The van der Waals surface area contributed by atoms with Crippen molar-refractivity contribution in [1.82, 2.24) is 8.75 Å². The molecule has 0 radical (unpaired) electrons. The van der Waals surface area contributed by atoms with Gasteiger partial charge in [-0.1, -0.05) is 22.0 Å². The van der Waals surface area contributed by atoms with Gasteiger partial charge in [0.05, 0.1) is 23.0 Å². The van der Waals surface area contributed by atoms with E-state index in [0.29, 0.717) is 9.99 Å².